The molecule has 2 rings (SSSR count). The molecule has 92 valence electrons. The molecule has 0 aliphatic heterocycles. The summed E-state index contributed by atoms with van der Waals surface area (Å²) in [6.07, 6.45) is 3.41. The largest absolute Gasteiger partial charge is 0.507 e. The first-order valence-electron chi connectivity index (χ1n) is 6.29. The molecular formula is C14H19NO2. The van der Waals surface area contributed by atoms with E-state index in [0.717, 1.165) is 19.5 Å². The molecule has 1 fully saturated rings. The summed E-state index contributed by atoms with van der Waals surface area (Å²) in [4.78, 5) is 14.2. The van der Waals surface area contributed by atoms with Crippen LogP contribution in [-0.2, 0) is 0 Å². The molecule has 0 unspecified atom stereocenters. The molecule has 0 saturated heterocycles. The molecule has 1 N–H and O–H groups in total. The predicted octanol–water partition coefficient (Wildman–Crippen LogP) is 2.65. The zero-order chi connectivity index (χ0) is 12.3. The van der Waals surface area contributed by atoms with Crippen LogP contribution in [0.2, 0.25) is 0 Å². The number of para-hydroxylation sites is 1. The van der Waals surface area contributed by atoms with Crippen molar-refractivity contribution in [2.75, 3.05) is 13.1 Å². The standard InChI is InChI=1S/C14H19NO2/c1-2-9-15(10-11-7-8-11)14(17)12-5-3-4-6-13(12)16/h3-6,11,16H,2,7-10H2,1H3. The maximum atomic E-state index is 12.3. The van der Waals surface area contributed by atoms with Gasteiger partial charge in [0.1, 0.15) is 5.75 Å². The summed E-state index contributed by atoms with van der Waals surface area (Å²) in [5.41, 5.74) is 0.418. The van der Waals surface area contributed by atoms with E-state index in [2.05, 4.69) is 6.92 Å². The van der Waals surface area contributed by atoms with Crippen molar-refractivity contribution in [1.82, 2.24) is 4.90 Å². The van der Waals surface area contributed by atoms with Crippen LogP contribution >= 0.6 is 0 Å². The van der Waals surface area contributed by atoms with E-state index >= 15 is 0 Å². The summed E-state index contributed by atoms with van der Waals surface area (Å²) in [7, 11) is 0. The molecular weight excluding hydrogens is 214 g/mol. The Morgan fingerprint density at radius 2 is 2.12 bits per heavy atom. The van der Waals surface area contributed by atoms with E-state index < -0.39 is 0 Å². The number of aromatic hydroxyl groups is 1. The number of carbonyl (C=O) groups excluding carboxylic acids is 1. The monoisotopic (exact) mass is 233 g/mol. The first kappa shape index (κ1) is 12.0. The van der Waals surface area contributed by atoms with Crippen molar-refractivity contribution in [2.45, 2.75) is 26.2 Å². The van der Waals surface area contributed by atoms with E-state index in [0.29, 0.717) is 11.5 Å². The molecule has 0 aromatic heterocycles. The highest BCUT2D eigenvalue weighted by atomic mass is 16.3. The van der Waals surface area contributed by atoms with Crippen LogP contribution in [0.15, 0.2) is 24.3 Å². The highest BCUT2D eigenvalue weighted by molar-refractivity contribution is 5.96. The van der Waals surface area contributed by atoms with Crippen molar-refractivity contribution in [3.63, 3.8) is 0 Å². The van der Waals surface area contributed by atoms with Crippen LogP contribution in [0.4, 0.5) is 0 Å². The molecule has 0 atom stereocenters. The third-order valence-electron chi connectivity index (χ3n) is 3.09. The number of amides is 1. The molecule has 0 spiro atoms. The van der Waals surface area contributed by atoms with Gasteiger partial charge < -0.3 is 10.0 Å². The molecule has 0 radical (unpaired) electrons. The Bertz CT molecular complexity index is 399. The Labute approximate surface area is 102 Å². The summed E-state index contributed by atoms with van der Waals surface area (Å²) in [5.74, 6) is 0.711. The van der Waals surface area contributed by atoms with E-state index in [1.807, 2.05) is 4.90 Å². The molecule has 1 aliphatic rings. The van der Waals surface area contributed by atoms with Gasteiger partial charge in [-0.05, 0) is 37.3 Å². The number of benzene rings is 1. The van der Waals surface area contributed by atoms with Gasteiger partial charge in [0, 0.05) is 13.1 Å². The van der Waals surface area contributed by atoms with Gasteiger partial charge in [0.15, 0.2) is 0 Å². The van der Waals surface area contributed by atoms with Crippen molar-refractivity contribution in [2.24, 2.45) is 5.92 Å². The maximum Gasteiger partial charge on any atom is 0.257 e. The van der Waals surface area contributed by atoms with E-state index in [9.17, 15) is 9.90 Å². The Morgan fingerprint density at radius 3 is 2.71 bits per heavy atom. The highest BCUT2D eigenvalue weighted by Crippen LogP contribution is 2.30. The fourth-order valence-corrected chi connectivity index (χ4v) is 1.98. The van der Waals surface area contributed by atoms with Crippen molar-refractivity contribution in [3.8, 4) is 5.75 Å². The molecule has 1 aliphatic carbocycles. The quantitative estimate of drug-likeness (QED) is 0.849. The third-order valence-corrected chi connectivity index (χ3v) is 3.09. The van der Waals surface area contributed by atoms with Crippen LogP contribution in [0.5, 0.6) is 5.75 Å². The molecule has 3 nitrogen and oxygen atoms in total. The smallest absolute Gasteiger partial charge is 0.257 e. The third kappa shape index (κ3) is 2.99. The van der Waals surface area contributed by atoms with E-state index in [4.69, 9.17) is 0 Å². The van der Waals surface area contributed by atoms with Crippen molar-refractivity contribution < 1.29 is 9.90 Å². The van der Waals surface area contributed by atoms with Gasteiger partial charge in [-0.2, -0.15) is 0 Å². The normalized spacial score (nSPS) is 14.6. The van der Waals surface area contributed by atoms with Gasteiger partial charge in [0.2, 0.25) is 0 Å². The summed E-state index contributed by atoms with van der Waals surface area (Å²) in [6, 6.07) is 6.77. The number of hydrogen-bond donors (Lipinski definition) is 1. The van der Waals surface area contributed by atoms with Crippen LogP contribution in [-0.4, -0.2) is 29.0 Å². The average Bonchev–Trinajstić information content (AvgIpc) is 3.12. The van der Waals surface area contributed by atoms with Crippen LogP contribution in [0.3, 0.4) is 0 Å². The van der Waals surface area contributed by atoms with Gasteiger partial charge in [0.05, 0.1) is 5.56 Å². The van der Waals surface area contributed by atoms with Gasteiger partial charge in [-0.1, -0.05) is 19.1 Å². The van der Waals surface area contributed by atoms with E-state index in [1.165, 1.54) is 12.8 Å². The SMILES string of the molecule is CCCN(CC1CC1)C(=O)c1ccccc1O. The highest BCUT2D eigenvalue weighted by Gasteiger charge is 2.27. The number of rotatable bonds is 5. The molecule has 0 heterocycles. The lowest BCUT2D eigenvalue weighted by Gasteiger charge is -2.22. The summed E-state index contributed by atoms with van der Waals surface area (Å²) in [6.45, 7) is 3.67. The minimum absolute atomic E-state index is 0.0446. The maximum absolute atomic E-state index is 12.3. The zero-order valence-electron chi connectivity index (χ0n) is 10.2. The van der Waals surface area contributed by atoms with Crippen molar-refractivity contribution >= 4 is 5.91 Å². The fraction of sp³-hybridized carbons (Fsp3) is 0.500. The Kier molecular flexibility index (Phi) is 3.67. The molecule has 1 aromatic rings. The first-order chi connectivity index (χ1) is 8.22. The molecule has 0 bridgehead atoms. The molecule has 1 saturated carbocycles. The van der Waals surface area contributed by atoms with Crippen molar-refractivity contribution in [3.05, 3.63) is 29.8 Å². The number of phenols is 1. The molecule has 3 heteroatoms. The Hall–Kier alpha value is -1.51. The van der Waals surface area contributed by atoms with Gasteiger partial charge >= 0.3 is 0 Å². The molecule has 17 heavy (non-hydrogen) atoms. The second kappa shape index (κ2) is 5.21. The average molecular weight is 233 g/mol. The minimum atomic E-state index is -0.0446. The molecule has 1 aromatic carbocycles. The second-order valence-electron chi connectivity index (χ2n) is 4.71. The lowest BCUT2D eigenvalue weighted by atomic mass is 10.1. The number of carbonyl (C=O) groups is 1. The summed E-state index contributed by atoms with van der Waals surface area (Å²) in [5, 5.41) is 9.70. The Morgan fingerprint density at radius 1 is 1.41 bits per heavy atom. The minimum Gasteiger partial charge on any atom is -0.507 e. The topological polar surface area (TPSA) is 40.5 Å². The number of hydrogen-bond acceptors (Lipinski definition) is 2. The van der Waals surface area contributed by atoms with Gasteiger partial charge in [0.25, 0.3) is 5.91 Å². The lowest BCUT2D eigenvalue weighted by molar-refractivity contribution is 0.0744. The fourth-order valence-electron chi connectivity index (χ4n) is 1.98. The van der Waals surface area contributed by atoms with Crippen LogP contribution < -0.4 is 0 Å². The Balaban J connectivity index is 2.11. The van der Waals surface area contributed by atoms with Gasteiger partial charge in [-0.3, -0.25) is 4.79 Å². The van der Waals surface area contributed by atoms with Gasteiger partial charge in [-0.25, -0.2) is 0 Å². The van der Waals surface area contributed by atoms with E-state index in [-0.39, 0.29) is 11.7 Å². The predicted molar refractivity (Wildman–Crippen MR) is 67.0 cm³/mol. The van der Waals surface area contributed by atoms with Crippen molar-refractivity contribution in [1.29, 1.82) is 0 Å². The molecule has 1 amide bonds. The zero-order valence-corrected chi connectivity index (χ0v) is 10.2. The summed E-state index contributed by atoms with van der Waals surface area (Å²) >= 11 is 0. The second-order valence-corrected chi connectivity index (χ2v) is 4.71. The van der Waals surface area contributed by atoms with Crippen LogP contribution in [0.1, 0.15) is 36.5 Å². The van der Waals surface area contributed by atoms with Crippen LogP contribution in [0.25, 0.3) is 0 Å². The number of nitrogens with zero attached hydrogens (tertiary/aromatic N) is 1. The number of phenolic OH excluding ortho intramolecular Hbond substituents is 1. The summed E-state index contributed by atoms with van der Waals surface area (Å²) < 4.78 is 0. The lowest BCUT2D eigenvalue weighted by Crippen LogP contribution is -2.33. The first-order valence-corrected chi connectivity index (χ1v) is 6.29. The van der Waals surface area contributed by atoms with Crippen LogP contribution in [0, 0.1) is 5.92 Å². The van der Waals surface area contributed by atoms with E-state index in [1.54, 1.807) is 24.3 Å². The van der Waals surface area contributed by atoms with Gasteiger partial charge in [-0.15, -0.1) is 0 Å².